The molecule has 0 heterocycles. The predicted molar refractivity (Wildman–Crippen MR) is 48.9 cm³/mol. The second-order valence-corrected chi connectivity index (χ2v) is 2.77. The van der Waals surface area contributed by atoms with E-state index in [1.54, 1.807) is 6.92 Å². The van der Waals surface area contributed by atoms with Gasteiger partial charge >= 0.3 is 5.97 Å². The molecule has 0 aliphatic heterocycles. The molecule has 0 amide bonds. The van der Waals surface area contributed by atoms with Crippen molar-refractivity contribution in [3.05, 3.63) is 29.6 Å². The molecule has 0 spiro atoms. The zero-order valence-electron chi connectivity index (χ0n) is 7.79. The molecule has 3 nitrogen and oxygen atoms in total. The van der Waals surface area contributed by atoms with Gasteiger partial charge in [0.2, 0.25) is 0 Å². The topological polar surface area (TPSA) is 46.5 Å². The summed E-state index contributed by atoms with van der Waals surface area (Å²) in [6.07, 6.45) is -0.125. The van der Waals surface area contributed by atoms with E-state index in [4.69, 9.17) is 9.84 Å². The number of hydrogen-bond donors (Lipinski definition) is 1. The number of carboxylic acids is 1. The van der Waals surface area contributed by atoms with E-state index in [1.807, 2.05) is 0 Å². The summed E-state index contributed by atoms with van der Waals surface area (Å²) in [5.41, 5.74) is 0.530. The first-order valence-electron chi connectivity index (χ1n) is 4.26. The Hall–Kier alpha value is -1.58. The van der Waals surface area contributed by atoms with Crippen molar-refractivity contribution in [2.75, 3.05) is 6.61 Å². The highest BCUT2D eigenvalue weighted by atomic mass is 19.1. The standard InChI is InChI=1S/C10H11FO3/c1-2-14-9-5-7(6-10(12)13)3-4-8(9)11/h3-5H,2,6H2,1H3,(H,12,13). The van der Waals surface area contributed by atoms with Crippen molar-refractivity contribution in [1.29, 1.82) is 0 Å². The molecule has 0 atom stereocenters. The van der Waals surface area contributed by atoms with E-state index in [2.05, 4.69) is 0 Å². The zero-order chi connectivity index (χ0) is 10.6. The molecular formula is C10H11FO3. The normalized spacial score (nSPS) is 9.86. The van der Waals surface area contributed by atoms with Crippen molar-refractivity contribution in [3.63, 3.8) is 0 Å². The molecule has 4 heteroatoms. The lowest BCUT2D eigenvalue weighted by Crippen LogP contribution is -2.01. The van der Waals surface area contributed by atoms with Crippen LogP contribution in [-0.4, -0.2) is 17.7 Å². The van der Waals surface area contributed by atoms with Crippen molar-refractivity contribution in [3.8, 4) is 5.75 Å². The van der Waals surface area contributed by atoms with E-state index >= 15 is 0 Å². The molecule has 1 rings (SSSR count). The number of benzene rings is 1. The Morgan fingerprint density at radius 1 is 1.57 bits per heavy atom. The fraction of sp³-hybridized carbons (Fsp3) is 0.300. The Labute approximate surface area is 81.1 Å². The molecule has 0 saturated heterocycles. The van der Waals surface area contributed by atoms with Crippen molar-refractivity contribution >= 4 is 5.97 Å². The average molecular weight is 198 g/mol. The largest absolute Gasteiger partial charge is 0.491 e. The summed E-state index contributed by atoms with van der Waals surface area (Å²) in [5.74, 6) is -1.31. The summed E-state index contributed by atoms with van der Waals surface area (Å²) in [6, 6.07) is 4.06. The van der Waals surface area contributed by atoms with E-state index in [9.17, 15) is 9.18 Å². The molecule has 1 aromatic carbocycles. The quantitative estimate of drug-likeness (QED) is 0.803. The summed E-state index contributed by atoms with van der Waals surface area (Å²) in [4.78, 5) is 10.4. The highest BCUT2D eigenvalue weighted by molar-refractivity contribution is 5.70. The summed E-state index contributed by atoms with van der Waals surface area (Å²) in [5, 5.41) is 8.52. The predicted octanol–water partition coefficient (Wildman–Crippen LogP) is 1.85. The molecule has 0 saturated carbocycles. The van der Waals surface area contributed by atoms with Crippen LogP contribution in [0.25, 0.3) is 0 Å². The molecule has 1 N–H and O–H groups in total. The van der Waals surface area contributed by atoms with Crippen LogP contribution in [0.5, 0.6) is 5.75 Å². The van der Waals surface area contributed by atoms with Crippen LogP contribution in [0.3, 0.4) is 0 Å². The van der Waals surface area contributed by atoms with Gasteiger partial charge in [0.25, 0.3) is 0 Å². The first-order chi connectivity index (χ1) is 6.63. The minimum Gasteiger partial charge on any atom is -0.491 e. The van der Waals surface area contributed by atoms with Crippen LogP contribution in [0.15, 0.2) is 18.2 Å². The Morgan fingerprint density at radius 3 is 2.86 bits per heavy atom. The second kappa shape index (κ2) is 4.60. The van der Waals surface area contributed by atoms with Crippen LogP contribution in [0.4, 0.5) is 4.39 Å². The molecular weight excluding hydrogens is 187 g/mol. The van der Waals surface area contributed by atoms with E-state index < -0.39 is 11.8 Å². The average Bonchev–Trinajstić information content (AvgIpc) is 2.10. The van der Waals surface area contributed by atoms with Gasteiger partial charge in [0, 0.05) is 0 Å². The van der Waals surface area contributed by atoms with Crippen molar-refractivity contribution in [2.45, 2.75) is 13.3 Å². The van der Waals surface area contributed by atoms with Gasteiger partial charge in [-0.1, -0.05) is 6.07 Å². The van der Waals surface area contributed by atoms with Gasteiger partial charge in [-0.15, -0.1) is 0 Å². The lowest BCUT2D eigenvalue weighted by Gasteiger charge is -2.05. The van der Waals surface area contributed by atoms with Crippen molar-refractivity contribution in [2.24, 2.45) is 0 Å². The van der Waals surface area contributed by atoms with E-state index in [1.165, 1.54) is 18.2 Å². The molecule has 0 aliphatic rings. The fourth-order valence-electron chi connectivity index (χ4n) is 1.10. The van der Waals surface area contributed by atoms with E-state index in [-0.39, 0.29) is 12.2 Å². The number of carboxylic acid groups (broad SMARTS) is 1. The first-order valence-corrected chi connectivity index (χ1v) is 4.26. The lowest BCUT2D eigenvalue weighted by molar-refractivity contribution is -0.136. The van der Waals surface area contributed by atoms with Crippen LogP contribution >= 0.6 is 0 Å². The molecule has 0 radical (unpaired) electrons. The lowest BCUT2D eigenvalue weighted by atomic mass is 10.1. The fourth-order valence-corrected chi connectivity index (χ4v) is 1.10. The summed E-state index contributed by atoms with van der Waals surface area (Å²) in [6.45, 7) is 2.09. The molecule has 0 unspecified atom stereocenters. The van der Waals surface area contributed by atoms with Gasteiger partial charge in [0.1, 0.15) is 0 Å². The molecule has 1 aromatic rings. The second-order valence-electron chi connectivity index (χ2n) is 2.77. The minimum absolute atomic E-state index is 0.103. The Kier molecular flexibility index (Phi) is 3.45. The maximum Gasteiger partial charge on any atom is 0.307 e. The summed E-state index contributed by atoms with van der Waals surface area (Å²) < 4.78 is 18.0. The Morgan fingerprint density at radius 2 is 2.29 bits per heavy atom. The van der Waals surface area contributed by atoms with Gasteiger partial charge in [-0.05, 0) is 24.6 Å². The van der Waals surface area contributed by atoms with Crippen molar-refractivity contribution in [1.82, 2.24) is 0 Å². The SMILES string of the molecule is CCOc1cc(CC(=O)O)ccc1F. The molecule has 76 valence electrons. The third-order valence-electron chi connectivity index (χ3n) is 1.65. The number of rotatable bonds is 4. The highest BCUT2D eigenvalue weighted by Crippen LogP contribution is 2.18. The highest BCUT2D eigenvalue weighted by Gasteiger charge is 2.06. The van der Waals surface area contributed by atoms with E-state index in [0.29, 0.717) is 12.2 Å². The molecule has 14 heavy (non-hydrogen) atoms. The Bertz CT molecular complexity index is 336. The van der Waals surface area contributed by atoms with E-state index in [0.717, 1.165) is 0 Å². The summed E-state index contributed by atoms with van der Waals surface area (Å²) in [7, 11) is 0. The van der Waals surface area contributed by atoms with Crippen molar-refractivity contribution < 1.29 is 19.0 Å². The Balaban J connectivity index is 2.88. The van der Waals surface area contributed by atoms with Gasteiger partial charge in [-0.25, -0.2) is 4.39 Å². The zero-order valence-corrected chi connectivity index (χ0v) is 7.79. The number of halogens is 1. The summed E-state index contributed by atoms with van der Waals surface area (Å²) >= 11 is 0. The maximum absolute atomic E-state index is 13.0. The number of hydrogen-bond acceptors (Lipinski definition) is 2. The van der Waals surface area contributed by atoms with Gasteiger partial charge < -0.3 is 9.84 Å². The molecule has 0 aromatic heterocycles. The van der Waals surface area contributed by atoms with Crippen LogP contribution in [0, 0.1) is 5.82 Å². The van der Waals surface area contributed by atoms with Gasteiger partial charge in [-0.3, -0.25) is 4.79 Å². The van der Waals surface area contributed by atoms with Crippen LogP contribution in [0.1, 0.15) is 12.5 Å². The maximum atomic E-state index is 13.0. The third-order valence-corrected chi connectivity index (χ3v) is 1.65. The smallest absolute Gasteiger partial charge is 0.307 e. The van der Waals surface area contributed by atoms with Gasteiger partial charge in [0.05, 0.1) is 13.0 Å². The number of aliphatic carboxylic acids is 1. The number of carbonyl (C=O) groups is 1. The third kappa shape index (κ3) is 2.73. The van der Waals surface area contributed by atoms with Gasteiger partial charge in [-0.2, -0.15) is 0 Å². The van der Waals surface area contributed by atoms with Crippen LogP contribution in [-0.2, 0) is 11.2 Å². The van der Waals surface area contributed by atoms with Gasteiger partial charge in [0.15, 0.2) is 11.6 Å². The van der Waals surface area contributed by atoms with Crippen LogP contribution in [0.2, 0.25) is 0 Å². The number of ether oxygens (including phenoxy) is 1. The first kappa shape index (κ1) is 10.5. The molecule has 0 bridgehead atoms. The minimum atomic E-state index is -0.945. The molecule has 0 aliphatic carbocycles. The monoisotopic (exact) mass is 198 g/mol. The molecule has 0 fully saturated rings. The van der Waals surface area contributed by atoms with Crippen LogP contribution < -0.4 is 4.74 Å².